The van der Waals surface area contributed by atoms with Crippen molar-refractivity contribution in [3.63, 3.8) is 0 Å². The lowest BCUT2D eigenvalue weighted by Crippen LogP contribution is -2.16. The van der Waals surface area contributed by atoms with Crippen molar-refractivity contribution < 1.29 is 4.39 Å². The Balaban J connectivity index is 2.19. The van der Waals surface area contributed by atoms with Crippen molar-refractivity contribution in [3.8, 4) is 0 Å². The molecule has 0 saturated heterocycles. The normalized spacial score (nSPS) is 11.3. The molecule has 4 heteroatoms. The van der Waals surface area contributed by atoms with Crippen molar-refractivity contribution in [3.05, 3.63) is 53.1 Å². The fourth-order valence-electron chi connectivity index (χ4n) is 2.57. The number of nitrogens with one attached hydrogen (secondary N) is 1. The number of nitrogens with zero attached hydrogens (tertiary/aromatic N) is 2. The lowest BCUT2D eigenvalue weighted by molar-refractivity contribution is 0.596. The van der Waals surface area contributed by atoms with Crippen LogP contribution in [0.1, 0.15) is 49.9 Å². The summed E-state index contributed by atoms with van der Waals surface area (Å²) in [5.74, 6) is 0.190. The Morgan fingerprint density at radius 3 is 2.81 bits per heavy atom. The number of aromatic nitrogens is 2. The van der Waals surface area contributed by atoms with Crippen LogP contribution in [0.2, 0.25) is 0 Å². The molecule has 0 saturated carbocycles. The van der Waals surface area contributed by atoms with Gasteiger partial charge in [-0.2, -0.15) is 5.10 Å². The van der Waals surface area contributed by atoms with Gasteiger partial charge in [0.1, 0.15) is 5.82 Å². The molecule has 0 bridgehead atoms. The Morgan fingerprint density at radius 2 is 2.14 bits per heavy atom. The maximum Gasteiger partial charge on any atom is 0.123 e. The summed E-state index contributed by atoms with van der Waals surface area (Å²) in [5, 5.41) is 7.91. The first-order chi connectivity index (χ1) is 10.1. The quantitative estimate of drug-likeness (QED) is 0.788. The number of hydrogen-bond acceptors (Lipinski definition) is 2. The largest absolute Gasteiger partial charge is 0.313 e. The lowest BCUT2D eigenvalue weighted by atomic mass is 10.1. The molecule has 0 radical (unpaired) electrons. The number of hydrogen-bond donors (Lipinski definition) is 1. The van der Waals surface area contributed by atoms with Crippen LogP contribution in [0.4, 0.5) is 4.39 Å². The zero-order valence-electron chi connectivity index (χ0n) is 13.1. The van der Waals surface area contributed by atoms with Gasteiger partial charge in [-0.15, -0.1) is 0 Å². The van der Waals surface area contributed by atoms with Crippen LogP contribution >= 0.6 is 0 Å². The standard InChI is InChI=1S/C17H24FN3/c1-4-8-19-10-15-11-20-21(17(15)13(2)3)12-14-6-5-7-16(18)9-14/h5-7,9,11,13,19H,4,8,10,12H2,1-3H3. The molecule has 0 spiro atoms. The molecule has 0 aliphatic carbocycles. The number of halogens is 1. The summed E-state index contributed by atoms with van der Waals surface area (Å²) in [7, 11) is 0. The van der Waals surface area contributed by atoms with Gasteiger partial charge in [0.15, 0.2) is 0 Å². The first-order valence-corrected chi connectivity index (χ1v) is 7.61. The Morgan fingerprint density at radius 1 is 1.33 bits per heavy atom. The van der Waals surface area contributed by atoms with Gasteiger partial charge in [0.25, 0.3) is 0 Å². The molecule has 0 amide bonds. The Hall–Kier alpha value is -1.68. The Kier molecular flexibility index (Phi) is 5.51. The van der Waals surface area contributed by atoms with E-state index in [-0.39, 0.29) is 5.82 Å². The van der Waals surface area contributed by atoms with E-state index in [1.165, 1.54) is 17.3 Å². The predicted molar refractivity (Wildman–Crippen MR) is 83.8 cm³/mol. The highest BCUT2D eigenvalue weighted by molar-refractivity contribution is 5.23. The summed E-state index contributed by atoms with van der Waals surface area (Å²) in [4.78, 5) is 0. The van der Waals surface area contributed by atoms with Crippen LogP contribution in [0.25, 0.3) is 0 Å². The van der Waals surface area contributed by atoms with Crippen molar-refractivity contribution in [2.24, 2.45) is 0 Å². The molecule has 0 atom stereocenters. The van der Waals surface area contributed by atoms with Crippen LogP contribution in [0.3, 0.4) is 0 Å². The summed E-state index contributed by atoms with van der Waals surface area (Å²) >= 11 is 0. The summed E-state index contributed by atoms with van der Waals surface area (Å²) in [6, 6.07) is 6.72. The zero-order valence-corrected chi connectivity index (χ0v) is 13.1. The van der Waals surface area contributed by atoms with Crippen molar-refractivity contribution in [2.75, 3.05) is 6.54 Å². The molecular formula is C17H24FN3. The topological polar surface area (TPSA) is 29.9 Å². The Labute approximate surface area is 126 Å². The second kappa shape index (κ2) is 7.36. The molecule has 1 aromatic carbocycles. The molecule has 3 nitrogen and oxygen atoms in total. The van der Waals surface area contributed by atoms with Gasteiger partial charge in [-0.1, -0.05) is 32.9 Å². The highest BCUT2D eigenvalue weighted by atomic mass is 19.1. The monoisotopic (exact) mass is 289 g/mol. The molecule has 0 unspecified atom stereocenters. The molecule has 0 fully saturated rings. The van der Waals surface area contributed by atoms with Crippen molar-refractivity contribution in [2.45, 2.75) is 46.2 Å². The minimum Gasteiger partial charge on any atom is -0.313 e. The van der Waals surface area contributed by atoms with E-state index < -0.39 is 0 Å². The first-order valence-electron chi connectivity index (χ1n) is 7.61. The van der Waals surface area contributed by atoms with Gasteiger partial charge in [0, 0.05) is 17.8 Å². The molecule has 1 aromatic heterocycles. The van der Waals surface area contributed by atoms with E-state index in [1.807, 2.05) is 16.9 Å². The van der Waals surface area contributed by atoms with Gasteiger partial charge in [-0.25, -0.2) is 4.39 Å². The average molecular weight is 289 g/mol. The molecule has 1 N–H and O–H groups in total. The third kappa shape index (κ3) is 4.14. The average Bonchev–Trinajstić information content (AvgIpc) is 2.82. The highest BCUT2D eigenvalue weighted by Gasteiger charge is 2.14. The van der Waals surface area contributed by atoms with Crippen molar-refractivity contribution >= 4 is 0 Å². The van der Waals surface area contributed by atoms with Crippen molar-refractivity contribution in [1.29, 1.82) is 0 Å². The van der Waals surface area contributed by atoms with Gasteiger partial charge >= 0.3 is 0 Å². The minimum absolute atomic E-state index is 0.199. The molecular weight excluding hydrogens is 265 g/mol. The summed E-state index contributed by atoms with van der Waals surface area (Å²) in [6.07, 6.45) is 3.05. The zero-order chi connectivity index (χ0) is 15.2. The van der Waals surface area contributed by atoms with E-state index in [4.69, 9.17) is 0 Å². The smallest absolute Gasteiger partial charge is 0.123 e. The Bertz CT molecular complexity index is 575. The second-order valence-electron chi connectivity index (χ2n) is 5.67. The SMILES string of the molecule is CCCNCc1cnn(Cc2cccc(F)c2)c1C(C)C. The first kappa shape index (κ1) is 15.7. The molecule has 114 valence electrons. The van der Waals surface area contributed by atoms with Crippen LogP contribution in [0.5, 0.6) is 0 Å². The van der Waals surface area contributed by atoms with Gasteiger partial charge in [0.2, 0.25) is 0 Å². The molecule has 2 aromatic rings. The molecule has 0 aliphatic heterocycles. The van der Waals surface area contributed by atoms with E-state index in [1.54, 1.807) is 12.1 Å². The highest BCUT2D eigenvalue weighted by Crippen LogP contribution is 2.20. The van der Waals surface area contributed by atoms with Crippen LogP contribution in [0, 0.1) is 5.82 Å². The van der Waals surface area contributed by atoms with Gasteiger partial charge < -0.3 is 5.32 Å². The maximum atomic E-state index is 13.3. The van der Waals surface area contributed by atoms with Gasteiger partial charge in [0.05, 0.1) is 12.7 Å². The molecule has 21 heavy (non-hydrogen) atoms. The summed E-state index contributed by atoms with van der Waals surface area (Å²) < 4.78 is 15.3. The number of rotatable bonds is 7. The fraction of sp³-hybridized carbons (Fsp3) is 0.471. The fourth-order valence-corrected chi connectivity index (χ4v) is 2.57. The third-order valence-corrected chi connectivity index (χ3v) is 3.47. The van der Waals surface area contributed by atoms with Gasteiger partial charge in [-0.3, -0.25) is 4.68 Å². The third-order valence-electron chi connectivity index (χ3n) is 3.47. The molecule has 2 rings (SSSR count). The van der Waals surface area contributed by atoms with Crippen molar-refractivity contribution in [1.82, 2.24) is 15.1 Å². The predicted octanol–water partition coefficient (Wildman–Crippen LogP) is 3.69. The van der Waals surface area contributed by atoms with E-state index in [9.17, 15) is 4.39 Å². The van der Waals surface area contributed by atoms with Crippen LogP contribution < -0.4 is 5.32 Å². The van der Waals surface area contributed by atoms with E-state index in [2.05, 4.69) is 31.2 Å². The maximum absolute atomic E-state index is 13.3. The summed E-state index contributed by atoms with van der Waals surface area (Å²) in [5.41, 5.74) is 3.39. The van der Waals surface area contributed by atoms with Crippen LogP contribution in [0.15, 0.2) is 30.5 Å². The second-order valence-corrected chi connectivity index (χ2v) is 5.67. The lowest BCUT2D eigenvalue weighted by Gasteiger charge is -2.13. The van der Waals surface area contributed by atoms with Crippen LogP contribution in [-0.4, -0.2) is 16.3 Å². The van der Waals surface area contributed by atoms with E-state index in [0.29, 0.717) is 12.5 Å². The molecule has 0 aliphatic rings. The van der Waals surface area contributed by atoms with E-state index >= 15 is 0 Å². The van der Waals surface area contributed by atoms with Crippen LogP contribution in [-0.2, 0) is 13.1 Å². The molecule has 1 heterocycles. The van der Waals surface area contributed by atoms with Gasteiger partial charge in [-0.05, 0) is 36.6 Å². The summed E-state index contributed by atoms with van der Waals surface area (Å²) in [6.45, 7) is 8.95. The number of benzene rings is 1. The minimum atomic E-state index is -0.199. The van der Waals surface area contributed by atoms with E-state index in [0.717, 1.165) is 25.1 Å².